The van der Waals surface area contributed by atoms with Crippen LogP contribution in [0.3, 0.4) is 0 Å². The maximum atomic E-state index is 12.5. The van der Waals surface area contributed by atoms with Crippen LogP contribution in [0, 0.1) is 13.8 Å². The van der Waals surface area contributed by atoms with E-state index in [1.807, 2.05) is 67.1 Å². The molecule has 0 saturated carbocycles. The van der Waals surface area contributed by atoms with Crippen molar-refractivity contribution in [3.05, 3.63) is 83.4 Å². The lowest BCUT2D eigenvalue weighted by Crippen LogP contribution is -2.26. The number of carbonyl (C=O) groups is 1. The standard InChI is InChI=1S/C22H21N5O/c1-15-18(16(2)27(26-15)21-9-5-6-13-23-21)12-14-24-22(28)20-11-10-17-7-3-4-8-19(17)25-20/h3-11,13H,12,14H2,1-2H3,(H,24,28). The zero-order valence-electron chi connectivity index (χ0n) is 15.9. The highest BCUT2D eigenvalue weighted by atomic mass is 16.1. The number of hydrogen-bond donors (Lipinski definition) is 1. The van der Waals surface area contributed by atoms with Crippen molar-refractivity contribution in [2.24, 2.45) is 0 Å². The zero-order valence-corrected chi connectivity index (χ0v) is 15.9. The number of carbonyl (C=O) groups excluding carboxylic acids is 1. The van der Waals surface area contributed by atoms with Gasteiger partial charge in [-0.15, -0.1) is 0 Å². The average Bonchev–Trinajstić information content (AvgIpc) is 3.02. The molecule has 0 fully saturated rings. The number of rotatable bonds is 5. The van der Waals surface area contributed by atoms with E-state index in [9.17, 15) is 4.79 Å². The second kappa shape index (κ2) is 7.60. The van der Waals surface area contributed by atoms with Crippen molar-refractivity contribution in [3.8, 4) is 5.82 Å². The molecule has 0 radical (unpaired) electrons. The topological polar surface area (TPSA) is 72.7 Å². The van der Waals surface area contributed by atoms with Gasteiger partial charge in [0.1, 0.15) is 5.69 Å². The molecule has 4 rings (SSSR count). The maximum absolute atomic E-state index is 12.5. The van der Waals surface area contributed by atoms with Crippen LogP contribution in [0.2, 0.25) is 0 Å². The lowest BCUT2D eigenvalue weighted by molar-refractivity contribution is 0.0949. The van der Waals surface area contributed by atoms with Crippen LogP contribution >= 0.6 is 0 Å². The third kappa shape index (κ3) is 3.49. The first-order chi connectivity index (χ1) is 13.6. The minimum atomic E-state index is -0.168. The van der Waals surface area contributed by atoms with Gasteiger partial charge < -0.3 is 5.32 Å². The summed E-state index contributed by atoms with van der Waals surface area (Å²) >= 11 is 0. The van der Waals surface area contributed by atoms with Crippen LogP contribution in [0.25, 0.3) is 16.7 Å². The molecule has 28 heavy (non-hydrogen) atoms. The van der Waals surface area contributed by atoms with E-state index in [0.717, 1.165) is 33.7 Å². The average molecular weight is 371 g/mol. The highest BCUT2D eigenvalue weighted by Gasteiger charge is 2.14. The van der Waals surface area contributed by atoms with Crippen molar-refractivity contribution >= 4 is 16.8 Å². The Morgan fingerprint density at radius 1 is 1.04 bits per heavy atom. The number of nitrogens with zero attached hydrogens (tertiary/aromatic N) is 4. The number of benzene rings is 1. The Morgan fingerprint density at radius 2 is 1.86 bits per heavy atom. The summed E-state index contributed by atoms with van der Waals surface area (Å²) in [5, 5.41) is 8.58. The number of pyridine rings is 2. The molecule has 3 aromatic heterocycles. The van der Waals surface area contributed by atoms with Gasteiger partial charge in [0.15, 0.2) is 5.82 Å². The highest BCUT2D eigenvalue weighted by Crippen LogP contribution is 2.17. The van der Waals surface area contributed by atoms with Gasteiger partial charge in [-0.2, -0.15) is 5.10 Å². The summed E-state index contributed by atoms with van der Waals surface area (Å²) < 4.78 is 1.84. The molecular formula is C22H21N5O. The molecule has 6 nitrogen and oxygen atoms in total. The molecule has 4 aromatic rings. The van der Waals surface area contributed by atoms with Crippen LogP contribution < -0.4 is 5.32 Å². The number of nitrogens with one attached hydrogen (secondary N) is 1. The minimum absolute atomic E-state index is 0.168. The van der Waals surface area contributed by atoms with E-state index in [2.05, 4.69) is 20.4 Å². The Hall–Kier alpha value is -3.54. The number of para-hydroxylation sites is 1. The lowest BCUT2D eigenvalue weighted by atomic mass is 10.1. The monoisotopic (exact) mass is 371 g/mol. The van der Waals surface area contributed by atoms with Crippen molar-refractivity contribution in [1.82, 2.24) is 25.1 Å². The van der Waals surface area contributed by atoms with Gasteiger partial charge in [0.2, 0.25) is 0 Å². The Bertz CT molecular complexity index is 1130. The fourth-order valence-corrected chi connectivity index (χ4v) is 3.32. The first-order valence-corrected chi connectivity index (χ1v) is 9.24. The first kappa shape index (κ1) is 17.9. The molecule has 1 aromatic carbocycles. The molecule has 1 amide bonds. The summed E-state index contributed by atoms with van der Waals surface area (Å²) in [5.74, 6) is 0.622. The Kier molecular flexibility index (Phi) is 4.85. The summed E-state index contributed by atoms with van der Waals surface area (Å²) in [6.45, 7) is 4.52. The Balaban J connectivity index is 1.45. The van der Waals surface area contributed by atoms with E-state index >= 15 is 0 Å². The van der Waals surface area contributed by atoms with Crippen LogP contribution in [0.5, 0.6) is 0 Å². The van der Waals surface area contributed by atoms with Crippen LogP contribution in [-0.2, 0) is 6.42 Å². The van der Waals surface area contributed by atoms with Gasteiger partial charge in [-0.1, -0.05) is 30.3 Å². The molecule has 0 spiro atoms. The second-order valence-corrected chi connectivity index (χ2v) is 6.64. The highest BCUT2D eigenvalue weighted by molar-refractivity contribution is 5.94. The molecule has 0 atom stereocenters. The Labute approximate surface area is 163 Å². The molecule has 0 aliphatic carbocycles. The van der Waals surface area contributed by atoms with E-state index in [1.165, 1.54) is 0 Å². The third-order valence-corrected chi connectivity index (χ3v) is 4.80. The van der Waals surface area contributed by atoms with Gasteiger partial charge in [0.25, 0.3) is 5.91 Å². The summed E-state index contributed by atoms with van der Waals surface area (Å²) in [7, 11) is 0. The molecule has 0 bridgehead atoms. The van der Waals surface area contributed by atoms with E-state index in [1.54, 1.807) is 12.3 Å². The second-order valence-electron chi connectivity index (χ2n) is 6.64. The number of aromatic nitrogens is 4. The summed E-state index contributed by atoms with van der Waals surface area (Å²) in [5.41, 5.74) is 4.35. The summed E-state index contributed by atoms with van der Waals surface area (Å²) in [4.78, 5) is 21.3. The molecule has 0 aliphatic rings. The lowest BCUT2D eigenvalue weighted by Gasteiger charge is -2.07. The zero-order chi connectivity index (χ0) is 19.5. The molecule has 6 heteroatoms. The molecule has 0 aliphatic heterocycles. The van der Waals surface area contributed by atoms with Crippen LogP contribution in [0.4, 0.5) is 0 Å². The van der Waals surface area contributed by atoms with Crippen molar-refractivity contribution in [3.63, 3.8) is 0 Å². The van der Waals surface area contributed by atoms with Crippen molar-refractivity contribution in [1.29, 1.82) is 0 Å². The fraction of sp³-hybridized carbons (Fsp3) is 0.182. The van der Waals surface area contributed by atoms with Gasteiger partial charge in [0, 0.05) is 23.8 Å². The van der Waals surface area contributed by atoms with E-state index in [-0.39, 0.29) is 5.91 Å². The molecule has 3 heterocycles. The number of hydrogen-bond acceptors (Lipinski definition) is 4. The maximum Gasteiger partial charge on any atom is 0.269 e. The smallest absolute Gasteiger partial charge is 0.269 e. The van der Waals surface area contributed by atoms with Crippen molar-refractivity contribution in [2.75, 3.05) is 6.54 Å². The van der Waals surface area contributed by atoms with Gasteiger partial charge in [-0.3, -0.25) is 4.79 Å². The Morgan fingerprint density at radius 3 is 2.68 bits per heavy atom. The van der Waals surface area contributed by atoms with Gasteiger partial charge >= 0.3 is 0 Å². The van der Waals surface area contributed by atoms with Gasteiger partial charge in [0.05, 0.1) is 11.2 Å². The number of aryl methyl sites for hydroxylation is 1. The van der Waals surface area contributed by atoms with Crippen LogP contribution in [0.1, 0.15) is 27.4 Å². The van der Waals surface area contributed by atoms with E-state index < -0.39 is 0 Å². The SMILES string of the molecule is Cc1nn(-c2ccccn2)c(C)c1CCNC(=O)c1ccc2ccccc2n1. The number of fused-ring (bicyclic) bond motifs is 1. The van der Waals surface area contributed by atoms with Crippen LogP contribution in [0.15, 0.2) is 60.8 Å². The summed E-state index contributed by atoms with van der Waals surface area (Å²) in [6.07, 6.45) is 2.45. The van der Waals surface area contributed by atoms with Crippen molar-refractivity contribution in [2.45, 2.75) is 20.3 Å². The third-order valence-electron chi connectivity index (χ3n) is 4.80. The van der Waals surface area contributed by atoms with Crippen LogP contribution in [-0.4, -0.2) is 32.2 Å². The quantitative estimate of drug-likeness (QED) is 0.584. The van der Waals surface area contributed by atoms with Gasteiger partial charge in [-0.25, -0.2) is 14.6 Å². The summed E-state index contributed by atoms with van der Waals surface area (Å²) in [6, 6.07) is 17.2. The predicted octanol–water partition coefficient (Wildman–Crippen LogP) is 3.40. The van der Waals surface area contributed by atoms with Gasteiger partial charge in [-0.05, 0) is 50.1 Å². The normalized spacial score (nSPS) is 10.9. The number of amides is 1. The molecule has 140 valence electrons. The predicted molar refractivity (Wildman–Crippen MR) is 109 cm³/mol. The molecule has 0 unspecified atom stereocenters. The molecular weight excluding hydrogens is 350 g/mol. The van der Waals surface area contributed by atoms with Crippen molar-refractivity contribution < 1.29 is 4.79 Å². The first-order valence-electron chi connectivity index (χ1n) is 9.24. The van der Waals surface area contributed by atoms with E-state index in [4.69, 9.17) is 0 Å². The molecule has 0 saturated heterocycles. The van der Waals surface area contributed by atoms with E-state index in [0.29, 0.717) is 18.7 Å². The minimum Gasteiger partial charge on any atom is -0.350 e. The largest absolute Gasteiger partial charge is 0.350 e. The fourth-order valence-electron chi connectivity index (χ4n) is 3.32. The molecule has 1 N–H and O–H groups in total.